The summed E-state index contributed by atoms with van der Waals surface area (Å²) in [5, 5.41) is 0. The molecule has 8 heteroatoms. The lowest BCUT2D eigenvalue weighted by Gasteiger charge is -2.29. The molecule has 0 bridgehead atoms. The fourth-order valence-electron chi connectivity index (χ4n) is 6.79. The van der Waals surface area contributed by atoms with Crippen molar-refractivity contribution in [1.82, 2.24) is 0 Å². The van der Waals surface area contributed by atoms with E-state index in [9.17, 15) is 13.0 Å². The summed E-state index contributed by atoms with van der Waals surface area (Å²) in [7, 11) is -1.14. The molecule has 0 radical (unpaired) electrons. The van der Waals surface area contributed by atoms with Gasteiger partial charge in [-0.15, -0.1) is 0 Å². The number of ether oxygens (including phenoxy) is 4. The highest BCUT2D eigenvalue weighted by Crippen LogP contribution is 2.37. The quantitative estimate of drug-likeness (QED) is 0.151. The van der Waals surface area contributed by atoms with Crippen LogP contribution in [0, 0.1) is 11.8 Å². The zero-order valence-corrected chi connectivity index (χ0v) is 26.8. The average molecular weight is 623 g/mol. The van der Waals surface area contributed by atoms with E-state index in [1.165, 1.54) is 38.5 Å². The Morgan fingerprint density at radius 2 is 1.02 bits per heavy atom. The fourth-order valence-corrected chi connectivity index (χ4v) is 7.72. The Hall–Kier alpha value is -2.59. The van der Waals surface area contributed by atoms with E-state index in [0.717, 1.165) is 36.8 Å². The van der Waals surface area contributed by atoms with Crippen LogP contribution in [0.15, 0.2) is 71.6 Å². The number of hydrogen-bond donors (Lipinski definition) is 1. The summed E-state index contributed by atoms with van der Waals surface area (Å²) in [5.74, 6) is 0.831. The molecule has 2 unspecified atom stereocenters. The summed E-state index contributed by atoms with van der Waals surface area (Å²) in [5.41, 5.74) is 4.20. The van der Waals surface area contributed by atoms with Gasteiger partial charge in [0.25, 0.3) is 10.1 Å². The molecule has 2 aliphatic rings. The van der Waals surface area contributed by atoms with Crippen molar-refractivity contribution in [2.24, 2.45) is 11.8 Å². The lowest BCUT2D eigenvalue weighted by atomic mass is 9.89. The maximum absolute atomic E-state index is 12.8. The number of rotatable bonds is 13. The standard InChI is InChI=1S/C36H46O7S/c1-40-35(30-10-5-3-6-11-30)42-24-26-16-20-28(21-17-26)32-14-9-15-33(34(32)44(37,38)39)29-22-18-27(19-23-29)25-43-36(41-2)31-12-7-4-8-13-31/h9,14-23,30-31,35-36H,3-8,10-13,24-25H2,1-2H3,(H,37,38,39). The zero-order chi connectivity index (χ0) is 30.9. The van der Waals surface area contributed by atoms with Gasteiger partial charge in [0.15, 0.2) is 12.6 Å². The van der Waals surface area contributed by atoms with Crippen LogP contribution in [0.3, 0.4) is 0 Å². The van der Waals surface area contributed by atoms with E-state index in [1.807, 2.05) is 54.6 Å². The van der Waals surface area contributed by atoms with Gasteiger partial charge in [0.1, 0.15) is 4.90 Å². The Morgan fingerprint density at radius 1 is 0.636 bits per heavy atom. The smallest absolute Gasteiger partial charge is 0.295 e. The first-order chi connectivity index (χ1) is 21.4. The molecule has 0 aromatic heterocycles. The largest absolute Gasteiger partial charge is 0.356 e. The van der Waals surface area contributed by atoms with Gasteiger partial charge in [-0.25, -0.2) is 0 Å². The molecule has 1 N–H and O–H groups in total. The highest BCUT2D eigenvalue weighted by molar-refractivity contribution is 7.86. The first-order valence-electron chi connectivity index (χ1n) is 16.0. The van der Waals surface area contributed by atoms with E-state index in [1.54, 1.807) is 26.4 Å². The Kier molecular flexibility index (Phi) is 11.6. The summed E-state index contributed by atoms with van der Waals surface area (Å²) < 4.78 is 59.4. The summed E-state index contributed by atoms with van der Waals surface area (Å²) in [6.07, 6.45) is 11.4. The van der Waals surface area contributed by atoms with Crippen molar-refractivity contribution in [3.8, 4) is 22.3 Å². The molecule has 0 amide bonds. The Balaban J connectivity index is 1.30. The fraction of sp³-hybridized carbons (Fsp3) is 0.500. The van der Waals surface area contributed by atoms with Crippen molar-refractivity contribution in [3.05, 3.63) is 77.9 Å². The van der Waals surface area contributed by atoms with Gasteiger partial charge in [-0.2, -0.15) is 8.42 Å². The monoisotopic (exact) mass is 622 g/mol. The molecule has 2 atom stereocenters. The number of methoxy groups -OCH3 is 2. The molecule has 0 saturated heterocycles. The van der Waals surface area contributed by atoms with Crippen LogP contribution in [0.4, 0.5) is 0 Å². The van der Waals surface area contributed by atoms with Crippen molar-refractivity contribution in [1.29, 1.82) is 0 Å². The molecule has 2 saturated carbocycles. The second-order valence-electron chi connectivity index (χ2n) is 12.2. The van der Waals surface area contributed by atoms with E-state index in [0.29, 0.717) is 47.3 Å². The normalized spacial score (nSPS) is 18.2. The maximum Gasteiger partial charge on any atom is 0.295 e. The molecular formula is C36H46O7S. The van der Waals surface area contributed by atoms with Crippen LogP contribution in [0.5, 0.6) is 0 Å². The molecule has 0 spiro atoms. The molecule has 2 fully saturated rings. The van der Waals surface area contributed by atoms with Crippen LogP contribution in [-0.4, -0.2) is 39.8 Å². The van der Waals surface area contributed by atoms with Crippen molar-refractivity contribution < 1.29 is 31.9 Å². The molecule has 5 rings (SSSR count). The molecule has 3 aromatic carbocycles. The van der Waals surface area contributed by atoms with Gasteiger partial charge in [0.05, 0.1) is 13.2 Å². The van der Waals surface area contributed by atoms with Gasteiger partial charge >= 0.3 is 0 Å². The number of hydrogen-bond acceptors (Lipinski definition) is 6. The highest BCUT2D eigenvalue weighted by Gasteiger charge is 2.26. The Labute approximate surface area is 262 Å². The van der Waals surface area contributed by atoms with Crippen molar-refractivity contribution in [3.63, 3.8) is 0 Å². The SMILES string of the molecule is COC(OCc1ccc(-c2cccc(-c3ccc(COC(OC)C4CCCCC4)cc3)c2S(=O)(=O)O)cc1)C1CCCCC1. The molecule has 238 valence electrons. The predicted molar refractivity (Wildman–Crippen MR) is 171 cm³/mol. The predicted octanol–water partition coefficient (Wildman–Crippen LogP) is 8.41. The Bertz CT molecular complexity index is 1330. The van der Waals surface area contributed by atoms with Crippen molar-refractivity contribution >= 4 is 10.1 Å². The highest BCUT2D eigenvalue weighted by atomic mass is 32.2. The van der Waals surface area contributed by atoms with Crippen LogP contribution in [-0.2, 0) is 42.3 Å². The first kappa shape index (κ1) is 32.8. The third kappa shape index (κ3) is 8.36. The molecule has 0 heterocycles. The van der Waals surface area contributed by atoms with Gasteiger partial charge in [0, 0.05) is 37.2 Å². The van der Waals surface area contributed by atoms with Gasteiger partial charge in [0.2, 0.25) is 0 Å². The second-order valence-corrected chi connectivity index (χ2v) is 13.5. The minimum absolute atomic E-state index is 0.110. The summed E-state index contributed by atoms with van der Waals surface area (Å²) in [6, 6.07) is 20.5. The van der Waals surface area contributed by atoms with Crippen LogP contribution < -0.4 is 0 Å². The van der Waals surface area contributed by atoms with E-state index in [2.05, 4.69) is 0 Å². The van der Waals surface area contributed by atoms with Crippen LogP contribution in [0.1, 0.15) is 75.3 Å². The lowest BCUT2D eigenvalue weighted by molar-refractivity contribution is -0.168. The van der Waals surface area contributed by atoms with Gasteiger partial charge in [-0.1, -0.05) is 105 Å². The van der Waals surface area contributed by atoms with Gasteiger partial charge < -0.3 is 18.9 Å². The molecule has 2 aliphatic carbocycles. The summed E-state index contributed by atoms with van der Waals surface area (Å²) in [4.78, 5) is -0.110. The lowest BCUT2D eigenvalue weighted by Crippen LogP contribution is -2.27. The number of benzene rings is 3. The third-order valence-electron chi connectivity index (χ3n) is 9.17. The second kappa shape index (κ2) is 15.6. The molecule has 7 nitrogen and oxygen atoms in total. The Morgan fingerprint density at radius 3 is 1.36 bits per heavy atom. The molecule has 44 heavy (non-hydrogen) atoms. The summed E-state index contributed by atoms with van der Waals surface area (Å²) >= 11 is 0. The van der Waals surface area contributed by atoms with Crippen molar-refractivity contribution in [2.45, 2.75) is 94.9 Å². The van der Waals surface area contributed by atoms with Crippen LogP contribution in [0.25, 0.3) is 22.3 Å². The van der Waals surface area contributed by atoms with Gasteiger partial charge in [-0.3, -0.25) is 4.55 Å². The average Bonchev–Trinajstić information content (AvgIpc) is 3.06. The summed E-state index contributed by atoms with van der Waals surface area (Å²) in [6.45, 7) is 0.810. The van der Waals surface area contributed by atoms with E-state index < -0.39 is 10.1 Å². The topological polar surface area (TPSA) is 91.3 Å². The van der Waals surface area contributed by atoms with E-state index in [4.69, 9.17) is 18.9 Å². The van der Waals surface area contributed by atoms with Crippen molar-refractivity contribution in [2.75, 3.05) is 14.2 Å². The maximum atomic E-state index is 12.8. The molecular weight excluding hydrogens is 576 g/mol. The zero-order valence-electron chi connectivity index (χ0n) is 26.0. The molecule has 3 aromatic rings. The van der Waals surface area contributed by atoms with Crippen LogP contribution in [0.2, 0.25) is 0 Å². The van der Waals surface area contributed by atoms with E-state index >= 15 is 0 Å². The first-order valence-corrected chi connectivity index (χ1v) is 17.4. The molecule has 0 aliphatic heterocycles. The minimum atomic E-state index is -4.54. The van der Waals surface area contributed by atoms with Gasteiger partial charge in [-0.05, 0) is 47.9 Å². The third-order valence-corrected chi connectivity index (χ3v) is 10.1. The minimum Gasteiger partial charge on any atom is -0.356 e. The van der Waals surface area contributed by atoms with Crippen LogP contribution >= 0.6 is 0 Å². The van der Waals surface area contributed by atoms with E-state index in [-0.39, 0.29) is 17.5 Å².